The molecular weight excluding hydrogens is 288 g/mol. The van der Waals surface area contributed by atoms with Crippen LogP contribution in [0, 0.1) is 11.8 Å². The van der Waals surface area contributed by atoms with Crippen LogP contribution in [0.3, 0.4) is 0 Å². The van der Waals surface area contributed by atoms with Gasteiger partial charge < -0.3 is 16.0 Å². The van der Waals surface area contributed by atoms with Gasteiger partial charge in [-0.05, 0) is 36.5 Å². The molecule has 126 valence electrons. The normalized spacial score (nSPS) is 21.5. The average molecular weight is 316 g/mol. The molecule has 3 N–H and O–H groups in total. The predicted octanol–water partition coefficient (Wildman–Crippen LogP) is 2.74. The van der Waals surface area contributed by atoms with E-state index in [4.69, 9.17) is 0 Å². The van der Waals surface area contributed by atoms with Gasteiger partial charge in [0.15, 0.2) is 5.96 Å². The number of carbonyl (C=O) groups excluding carboxylic acids is 1. The zero-order valence-electron chi connectivity index (χ0n) is 14.5. The van der Waals surface area contributed by atoms with Gasteiger partial charge in [-0.2, -0.15) is 0 Å². The molecule has 5 nitrogen and oxygen atoms in total. The van der Waals surface area contributed by atoms with Gasteiger partial charge in [0, 0.05) is 31.2 Å². The topological polar surface area (TPSA) is 65.5 Å². The molecule has 0 saturated heterocycles. The van der Waals surface area contributed by atoms with Gasteiger partial charge in [0.2, 0.25) is 5.91 Å². The third kappa shape index (κ3) is 5.27. The molecule has 1 amide bonds. The lowest BCUT2D eigenvalue weighted by atomic mass is 10.1. The Kier molecular flexibility index (Phi) is 6.02. The van der Waals surface area contributed by atoms with E-state index in [9.17, 15) is 4.79 Å². The van der Waals surface area contributed by atoms with E-state index in [-0.39, 0.29) is 11.8 Å². The van der Waals surface area contributed by atoms with Gasteiger partial charge in [0.1, 0.15) is 0 Å². The lowest BCUT2D eigenvalue weighted by Gasteiger charge is -2.13. The van der Waals surface area contributed by atoms with Crippen LogP contribution in [0.25, 0.3) is 0 Å². The molecule has 0 aliphatic heterocycles. The number of aliphatic imine (C=N–C) groups is 1. The maximum absolute atomic E-state index is 12.0. The first kappa shape index (κ1) is 17.3. The van der Waals surface area contributed by atoms with Crippen molar-refractivity contribution in [3.8, 4) is 0 Å². The molecule has 1 aromatic carbocycles. The number of benzene rings is 1. The second-order valence-corrected chi connectivity index (χ2v) is 6.39. The minimum absolute atomic E-state index is 0.0281. The molecule has 0 aromatic heterocycles. The van der Waals surface area contributed by atoms with Crippen LogP contribution >= 0.6 is 0 Å². The van der Waals surface area contributed by atoms with Gasteiger partial charge in [0.05, 0.1) is 0 Å². The SMILES string of the molecule is CCC(C)C(=O)Nc1cccc(CNC(=NC)NC2CC2C)c1. The summed E-state index contributed by atoms with van der Waals surface area (Å²) in [4.78, 5) is 16.2. The van der Waals surface area contributed by atoms with Crippen molar-refractivity contribution in [3.63, 3.8) is 0 Å². The first-order valence-corrected chi connectivity index (χ1v) is 8.40. The van der Waals surface area contributed by atoms with Crippen molar-refractivity contribution in [2.75, 3.05) is 12.4 Å². The van der Waals surface area contributed by atoms with Crippen LogP contribution in [0.5, 0.6) is 0 Å². The van der Waals surface area contributed by atoms with Crippen molar-refractivity contribution in [1.29, 1.82) is 0 Å². The van der Waals surface area contributed by atoms with Crippen LogP contribution < -0.4 is 16.0 Å². The van der Waals surface area contributed by atoms with Gasteiger partial charge >= 0.3 is 0 Å². The van der Waals surface area contributed by atoms with E-state index in [1.54, 1.807) is 7.05 Å². The van der Waals surface area contributed by atoms with E-state index in [1.807, 2.05) is 38.1 Å². The summed E-state index contributed by atoms with van der Waals surface area (Å²) in [7, 11) is 1.78. The lowest BCUT2D eigenvalue weighted by molar-refractivity contribution is -0.119. The minimum atomic E-state index is 0.0281. The van der Waals surface area contributed by atoms with Crippen LogP contribution in [0.1, 0.15) is 39.2 Å². The first-order chi connectivity index (χ1) is 11.0. The number of nitrogens with one attached hydrogen (secondary N) is 3. The van der Waals surface area contributed by atoms with Crippen LogP contribution in [-0.4, -0.2) is 25.0 Å². The van der Waals surface area contributed by atoms with E-state index < -0.39 is 0 Å². The Bertz CT molecular complexity index is 570. The van der Waals surface area contributed by atoms with Gasteiger partial charge in [-0.25, -0.2) is 0 Å². The van der Waals surface area contributed by atoms with E-state index in [0.717, 1.165) is 29.5 Å². The number of amides is 1. The minimum Gasteiger partial charge on any atom is -0.353 e. The number of carbonyl (C=O) groups is 1. The molecule has 1 aromatic rings. The molecule has 2 rings (SSSR count). The Hall–Kier alpha value is -2.04. The van der Waals surface area contributed by atoms with E-state index >= 15 is 0 Å². The number of guanidine groups is 1. The van der Waals surface area contributed by atoms with E-state index in [1.165, 1.54) is 6.42 Å². The van der Waals surface area contributed by atoms with Gasteiger partial charge in [-0.1, -0.05) is 32.9 Å². The number of nitrogens with zero attached hydrogens (tertiary/aromatic N) is 1. The summed E-state index contributed by atoms with van der Waals surface area (Å²) in [5, 5.41) is 9.69. The van der Waals surface area contributed by atoms with Crippen molar-refractivity contribution < 1.29 is 4.79 Å². The van der Waals surface area contributed by atoms with Crippen molar-refractivity contribution in [1.82, 2.24) is 10.6 Å². The first-order valence-electron chi connectivity index (χ1n) is 8.40. The maximum Gasteiger partial charge on any atom is 0.227 e. The van der Waals surface area contributed by atoms with Crippen LogP contribution in [0.4, 0.5) is 5.69 Å². The monoisotopic (exact) mass is 316 g/mol. The summed E-state index contributed by atoms with van der Waals surface area (Å²) >= 11 is 0. The Balaban J connectivity index is 1.88. The summed E-state index contributed by atoms with van der Waals surface area (Å²) in [6.07, 6.45) is 2.05. The Labute approximate surface area is 139 Å². The molecule has 0 heterocycles. The molecule has 0 spiro atoms. The predicted molar refractivity (Wildman–Crippen MR) is 95.4 cm³/mol. The zero-order chi connectivity index (χ0) is 16.8. The molecule has 0 radical (unpaired) electrons. The fourth-order valence-electron chi connectivity index (χ4n) is 2.29. The second kappa shape index (κ2) is 7.99. The Morgan fingerprint density at radius 3 is 2.78 bits per heavy atom. The van der Waals surface area contributed by atoms with Crippen molar-refractivity contribution in [2.24, 2.45) is 16.8 Å². The Morgan fingerprint density at radius 1 is 1.43 bits per heavy atom. The van der Waals surface area contributed by atoms with Crippen LogP contribution in [0.2, 0.25) is 0 Å². The van der Waals surface area contributed by atoms with Crippen molar-refractivity contribution in [2.45, 2.75) is 46.2 Å². The van der Waals surface area contributed by atoms with Gasteiger partial charge in [0.25, 0.3) is 0 Å². The summed E-state index contributed by atoms with van der Waals surface area (Å²) in [6.45, 7) is 6.86. The summed E-state index contributed by atoms with van der Waals surface area (Å²) in [6, 6.07) is 8.46. The number of hydrogen-bond acceptors (Lipinski definition) is 2. The van der Waals surface area contributed by atoms with Crippen LogP contribution in [0.15, 0.2) is 29.3 Å². The number of rotatable bonds is 6. The van der Waals surface area contributed by atoms with Gasteiger partial charge in [-0.3, -0.25) is 9.79 Å². The molecular formula is C18H28N4O. The fourth-order valence-corrected chi connectivity index (χ4v) is 2.29. The average Bonchev–Trinajstić information content (AvgIpc) is 3.25. The number of hydrogen-bond donors (Lipinski definition) is 3. The molecule has 1 aliphatic rings. The summed E-state index contributed by atoms with van der Waals surface area (Å²) in [5.74, 6) is 1.65. The van der Waals surface area contributed by atoms with Crippen molar-refractivity contribution >= 4 is 17.6 Å². The van der Waals surface area contributed by atoms with Crippen LogP contribution in [-0.2, 0) is 11.3 Å². The molecule has 23 heavy (non-hydrogen) atoms. The quantitative estimate of drug-likeness (QED) is 0.558. The highest BCUT2D eigenvalue weighted by Gasteiger charge is 2.33. The zero-order valence-corrected chi connectivity index (χ0v) is 14.5. The Morgan fingerprint density at radius 2 is 2.17 bits per heavy atom. The molecule has 1 aliphatic carbocycles. The second-order valence-electron chi connectivity index (χ2n) is 6.39. The number of anilines is 1. The maximum atomic E-state index is 12.0. The smallest absolute Gasteiger partial charge is 0.227 e. The van der Waals surface area contributed by atoms with Gasteiger partial charge in [-0.15, -0.1) is 0 Å². The largest absolute Gasteiger partial charge is 0.353 e. The molecule has 3 unspecified atom stereocenters. The molecule has 1 fully saturated rings. The highest BCUT2D eigenvalue weighted by atomic mass is 16.1. The molecule has 1 saturated carbocycles. The highest BCUT2D eigenvalue weighted by Crippen LogP contribution is 2.28. The van der Waals surface area contributed by atoms with Crippen molar-refractivity contribution in [3.05, 3.63) is 29.8 Å². The third-order valence-corrected chi connectivity index (χ3v) is 4.37. The van der Waals surface area contributed by atoms with E-state index in [0.29, 0.717) is 12.6 Å². The summed E-state index contributed by atoms with van der Waals surface area (Å²) < 4.78 is 0. The fraction of sp³-hybridized carbons (Fsp3) is 0.556. The highest BCUT2D eigenvalue weighted by molar-refractivity contribution is 5.92. The summed E-state index contributed by atoms with van der Waals surface area (Å²) in [5.41, 5.74) is 1.95. The lowest BCUT2D eigenvalue weighted by Crippen LogP contribution is -2.38. The third-order valence-electron chi connectivity index (χ3n) is 4.37. The molecule has 0 bridgehead atoms. The molecule has 3 atom stereocenters. The standard InChI is InChI=1S/C18H28N4O/c1-5-12(2)17(23)21-15-8-6-7-14(10-15)11-20-18(19-4)22-16-9-13(16)3/h6-8,10,12-13,16H,5,9,11H2,1-4H3,(H,21,23)(H2,19,20,22). The van der Waals surface area contributed by atoms with E-state index in [2.05, 4.69) is 27.9 Å². The molecule has 5 heteroatoms.